The molecule has 0 aliphatic carbocycles. The molecule has 0 bridgehead atoms. The van der Waals surface area contributed by atoms with Crippen LogP contribution in [0.2, 0.25) is 0 Å². The molecule has 0 atom stereocenters. The van der Waals surface area contributed by atoms with Crippen molar-refractivity contribution in [2.45, 2.75) is 12.8 Å². The van der Waals surface area contributed by atoms with Gasteiger partial charge in [-0.15, -0.1) is 0 Å². The number of halogens is 2. The predicted octanol–water partition coefficient (Wildman–Crippen LogP) is 3.35. The molecule has 5 heteroatoms. The number of Topliss-reactive ketones (excluding diaryl/α,β-unsaturated/α-hetero) is 1. The highest BCUT2D eigenvalue weighted by Crippen LogP contribution is 2.26. The molecule has 0 amide bonds. The minimum atomic E-state index is -0.378. The molecule has 0 unspecified atom stereocenters. The van der Waals surface area contributed by atoms with Gasteiger partial charge in [-0.2, -0.15) is 0 Å². The van der Waals surface area contributed by atoms with E-state index in [9.17, 15) is 9.59 Å². The molecule has 0 N–H and O–H groups in total. The van der Waals surface area contributed by atoms with Crippen molar-refractivity contribution < 1.29 is 14.3 Å². The van der Waals surface area contributed by atoms with Crippen molar-refractivity contribution in [3.8, 4) is 0 Å². The van der Waals surface area contributed by atoms with Crippen LogP contribution in [0.1, 0.15) is 23.2 Å². The first-order chi connectivity index (χ1) is 7.56. The molecular formula is C11H10Br2O3. The van der Waals surface area contributed by atoms with Crippen molar-refractivity contribution in [3.63, 3.8) is 0 Å². The Morgan fingerprint density at radius 2 is 1.75 bits per heavy atom. The Balaban J connectivity index is 2.77. The summed E-state index contributed by atoms with van der Waals surface area (Å²) in [5.41, 5.74) is 0.561. The molecule has 3 nitrogen and oxygen atoms in total. The summed E-state index contributed by atoms with van der Waals surface area (Å²) in [5, 5.41) is 0. The summed E-state index contributed by atoms with van der Waals surface area (Å²) in [6, 6.07) is 5.40. The van der Waals surface area contributed by atoms with E-state index in [0.717, 1.165) is 8.95 Å². The highest BCUT2D eigenvalue weighted by atomic mass is 79.9. The summed E-state index contributed by atoms with van der Waals surface area (Å²) >= 11 is 6.61. The highest BCUT2D eigenvalue weighted by molar-refractivity contribution is 9.11. The van der Waals surface area contributed by atoms with Crippen molar-refractivity contribution in [1.29, 1.82) is 0 Å². The third-order valence-corrected chi connectivity index (χ3v) is 3.35. The van der Waals surface area contributed by atoms with Crippen LogP contribution >= 0.6 is 31.9 Å². The maximum absolute atomic E-state index is 11.8. The van der Waals surface area contributed by atoms with E-state index in [1.54, 1.807) is 12.1 Å². The van der Waals surface area contributed by atoms with Gasteiger partial charge in [0.05, 0.1) is 13.5 Å². The summed E-state index contributed by atoms with van der Waals surface area (Å²) in [6.07, 6.45) is 0.247. The number of ketones is 1. The van der Waals surface area contributed by atoms with E-state index in [-0.39, 0.29) is 24.6 Å². The maximum Gasteiger partial charge on any atom is 0.305 e. The third kappa shape index (κ3) is 3.42. The topological polar surface area (TPSA) is 43.4 Å². The molecular weight excluding hydrogens is 340 g/mol. The van der Waals surface area contributed by atoms with E-state index < -0.39 is 0 Å². The van der Waals surface area contributed by atoms with Crippen LogP contribution in [0.3, 0.4) is 0 Å². The molecule has 0 saturated carbocycles. The molecule has 0 heterocycles. The lowest BCUT2D eigenvalue weighted by Crippen LogP contribution is -2.07. The summed E-state index contributed by atoms with van der Waals surface area (Å²) < 4.78 is 5.92. The monoisotopic (exact) mass is 348 g/mol. The van der Waals surface area contributed by atoms with E-state index in [4.69, 9.17) is 0 Å². The first kappa shape index (κ1) is 13.4. The normalized spacial score (nSPS) is 9.94. The molecule has 0 spiro atoms. The molecule has 1 aromatic rings. The van der Waals surface area contributed by atoms with Crippen LogP contribution < -0.4 is 0 Å². The van der Waals surface area contributed by atoms with Crippen molar-refractivity contribution >= 4 is 43.6 Å². The first-order valence-electron chi connectivity index (χ1n) is 4.60. The van der Waals surface area contributed by atoms with Gasteiger partial charge in [-0.1, -0.05) is 37.9 Å². The summed E-state index contributed by atoms with van der Waals surface area (Å²) in [7, 11) is 1.31. The quantitative estimate of drug-likeness (QED) is 0.618. The molecule has 0 radical (unpaired) electrons. The molecule has 86 valence electrons. The van der Waals surface area contributed by atoms with Crippen molar-refractivity contribution in [3.05, 3.63) is 32.7 Å². The largest absolute Gasteiger partial charge is 0.469 e. The molecule has 0 fully saturated rings. The van der Waals surface area contributed by atoms with E-state index in [2.05, 4.69) is 36.6 Å². The van der Waals surface area contributed by atoms with Crippen molar-refractivity contribution in [2.75, 3.05) is 7.11 Å². The maximum atomic E-state index is 11.8. The zero-order chi connectivity index (χ0) is 12.1. The predicted molar refractivity (Wildman–Crippen MR) is 67.4 cm³/mol. The van der Waals surface area contributed by atoms with Crippen LogP contribution in [0.4, 0.5) is 0 Å². The van der Waals surface area contributed by atoms with Gasteiger partial charge in [0, 0.05) is 20.9 Å². The number of carbonyl (C=O) groups is 2. The number of benzene rings is 1. The second-order valence-electron chi connectivity index (χ2n) is 3.10. The number of hydrogen-bond acceptors (Lipinski definition) is 3. The van der Waals surface area contributed by atoms with Gasteiger partial charge in [-0.05, 0) is 12.1 Å². The molecule has 16 heavy (non-hydrogen) atoms. The summed E-state index contributed by atoms with van der Waals surface area (Å²) in [6.45, 7) is 0. The summed E-state index contributed by atoms with van der Waals surface area (Å²) in [4.78, 5) is 22.8. The lowest BCUT2D eigenvalue weighted by molar-refractivity contribution is -0.140. The average molecular weight is 350 g/mol. The van der Waals surface area contributed by atoms with Gasteiger partial charge in [0.2, 0.25) is 0 Å². The second kappa shape index (κ2) is 6.15. The fraction of sp³-hybridized carbons (Fsp3) is 0.273. The Morgan fingerprint density at radius 1 is 1.19 bits per heavy atom. The Morgan fingerprint density at radius 3 is 2.25 bits per heavy atom. The molecule has 0 aliphatic heterocycles. The first-order valence-corrected chi connectivity index (χ1v) is 6.19. The van der Waals surface area contributed by atoms with Gasteiger partial charge in [0.15, 0.2) is 5.78 Å². The van der Waals surface area contributed by atoms with Crippen LogP contribution in [-0.4, -0.2) is 18.9 Å². The van der Waals surface area contributed by atoms with Crippen LogP contribution in [0, 0.1) is 0 Å². The van der Waals surface area contributed by atoms with E-state index >= 15 is 0 Å². The van der Waals surface area contributed by atoms with Crippen molar-refractivity contribution in [1.82, 2.24) is 0 Å². The average Bonchev–Trinajstić information content (AvgIpc) is 2.25. The van der Waals surface area contributed by atoms with Crippen LogP contribution in [0.15, 0.2) is 27.1 Å². The van der Waals surface area contributed by atoms with E-state index in [0.29, 0.717) is 5.56 Å². The zero-order valence-electron chi connectivity index (χ0n) is 8.63. The van der Waals surface area contributed by atoms with Gasteiger partial charge in [-0.3, -0.25) is 9.59 Å². The van der Waals surface area contributed by atoms with E-state index in [1.807, 2.05) is 6.07 Å². The van der Waals surface area contributed by atoms with Crippen LogP contribution in [-0.2, 0) is 9.53 Å². The van der Waals surface area contributed by atoms with Gasteiger partial charge in [-0.25, -0.2) is 0 Å². The zero-order valence-corrected chi connectivity index (χ0v) is 11.8. The van der Waals surface area contributed by atoms with Crippen LogP contribution in [0.5, 0.6) is 0 Å². The number of rotatable bonds is 4. The lowest BCUT2D eigenvalue weighted by Gasteiger charge is -2.05. The van der Waals surface area contributed by atoms with Crippen molar-refractivity contribution in [2.24, 2.45) is 0 Å². The minimum Gasteiger partial charge on any atom is -0.469 e. The third-order valence-electron chi connectivity index (χ3n) is 2.03. The fourth-order valence-corrected chi connectivity index (χ4v) is 2.65. The number of hydrogen-bond donors (Lipinski definition) is 0. The second-order valence-corrected chi connectivity index (χ2v) is 4.80. The van der Waals surface area contributed by atoms with Gasteiger partial charge >= 0.3 is 5.97 Å². The number of methoxy groups -OCH3 is 1. The summed E-state index contributed by atoms with van der Waals surface area (Å²) in [5.74, 6) is -0.471. The van der Waals surface area contributed by atoms with Crippen LogP contribution in [0.25, 0.3) is 0 Å². The van der Waals surface area contributed by atoms with Gasteiger partial charge in [0.1, 0.15) is 0 Å². The molecule has 0 saturated heterocycles. The highest BCUT2D eigenvalue weighted by Gasteiger charge is 2.15. The molecule has 1 rings (SSSR count). The number of ether oxygens (including phenoxy) is 1. The fourth-order valence-electron chi connectivity index (χ4n) is 1.21. The number of esters is 1. The molecule has 0 aromatic heterocycles. The number of carbonyl (C=O) groups excluding carboxylic acids is 2. The Labute approximate surface area is 110 Å². The standard InChI is InChI=1S/C11H10Br2O3/c1-16-10(15)6-5-9(14)11-7(12)3-2-4-8(11)13/h2-4H,5-6H2,1H3. The molecule has 1 aromatic carbocycles. The molecule has 0 aliphatic rings. The lowest BCUT2D eigenvalue weighted by atomic mass is 10.1. The van der Waals surface area contributed by atoms with Gasteiger partial charge in [0.25, 0.3) is 0 Å². The SMILES string of the molecule is COC(=O)CCC(=O)c1c(Br)cccc1Br. The smallest absolute Gasteiger partial charge is 0.305 e. The Hall–Kier alpha value is -0.680. The Kier molecular flexibility index (Phi) is 5.15. The van der Waals surface area contributed by atoms with E-state index in [1.165, 1.54) is 7.11 Å². The Bertz CT molecular complexity index is 395. The minimum absolute atomic E-state index is 0.0928. The van der Waals surface area contributed by atoms with Gasteiger partial charge < -0.3 is 4.74 Å².